The third kappa shape index (κ3) is 5.14. The number of aromatic amines is 1. The third-order valence-corrected chi connectivity index (χ3v) is 6.17. The normalized spacial score (nSPS) is 15.9. The highest BCUT2D eigenvalue weighted by Gasteiger charge is 2.22. The Morgan fingerprint density at radius 1 is 1.23 bits per heavy atom. The first-order valence-corrected chi connectivity index (χ1v) is 11.3. The molecule has 6 heteroatoms. The van der Waals surface area contributed by atoms with Crippen LogP contribution in [0.2, 0.25) is 0 Å². The van der Waals surface area contributed by atoms with Crippen molar-refractivity contribution in [2.24, 2.45) is 0 Å². The van der Waals surface area contributed by atoms with E-state index in [1.165, 1.54) is 5.56 Å². The average Bonchev–Trinajstić information content (AvgIpc) is 3.27. The lowest BCUT2D eigenvalue weighted by atomic mass is 10.1. The molecular formula is C25H29N3O2S. The van der Waals surface area contributed by atoms with Crippen molar-refractivity contribution in [3.8, 4) is 0 Å². The van der Waals surface area contributed by atoms with Gasteiger partial charge in [-0.2, -0.15) is 0 Å². The minimum absolute atomic E-state index is 0.0767. The van der Waals surface area contributed by atoms with E-state index in [4.69, 9.17) is 17.0 Å². The Kier molecular flexibility index (Phi) is 6.68. The zero-order valence-corrected chi connectivity index (χ0v) is 18.9. The fourth-order valence-corrected chi connectivity index (χ4v) is 4.33. The molecule has 2 N–H and O–H groups in total. The van der Waals surface area contributed by atoms with Crippen molar-refractivity contribution < 1.29 is 4.74 Å². The maximum Gasteiger partial charge on any atom is 0.253 e. The fraction of sp³-hybridized carbons (Fsp3) is 0.360. The summed E-state index contributed by atoms with van der Waals surface area (Å²) in [5.41, 5.74) is 4.82. The lowest BCUT2D eigenvalue weighted by Gasteiger charge is -2.28. The first kappa shape index (κ1) is 21.5. The monoisotopic (exact) mass is 435 g/mol. The second-order valence-corrected chi connectivity index (χ2v) is 8.56. The summed E-state index contributed by atoms with van der Waals surface area (Å²) < 4.78 is 5.87. The van der Waals surface area contributed by atoms with E-state index < -0.39 is 0 Å². The van der Waals surface area contributed by atoms with Gasteiger partial charge in [0.1, 0.15) is 0 Å². The number of pyridine rings is 1. The highest BCUT2D eigenvalue weighted by atomic mass is 32.1. The molecule has 0 bridgehead atoms. The SMILES string of the molecule is CCc1ccccc1NC(=S)N(Cc1cc2ccc(C)cc2[nH]c1=O)C[C@H]1CCCO1. The lowest BCUT2D eigenvalue weighted by Crippen LogP contribution is -2.40. The van der Waals surface area contributed by atoms with Gasteiger partial charge in [-0.1, -0.05) is 37.3 Å². The van der Waals surface area contributed by atoms with Crippen LogP contribution in [0.5, 0.6) is 0 Å². The minimum Gasteiger partial charge on any atom is -0.376 e. The molecule has 31 heavy (non-hydrogen) atoms. The maximum atomic E-state index is 12.8. The van der Waals surface area contributed by atoms with Gasteiger partial charge in [-0.05, 0) is 73.1 Å². The number of nitrogens with one attached hydrogen (secondary N) is 2. The molecule has 1 aliphatic rings. The fourth-order valence-electron chi connectivity index (χ4n) is 4.08. The first-order valence-electron chi connectivity index (χ1n) is 10.9. The van der Waals surface area contributed by atoms with Crippen LogP contribution in [0.25, 0.3) is 10.9 Å². The van der Waals surface area contributed by atoms with Crippen molar-refractivity contribution in [3.05, 3.63) is 75.6 Å². The van der Waals surface area contributed by atoms with Gasteiger partial charge < -0.3 is 19.9 Å². The largest absolute Gasteiger partial charge is 0.376 e. The van der Waals surface area contributed by atoms with Crippen LogP contribution < -0.4 is 10.9 Å². The number of hydrogen-bond acceptors (Lipinski definition) is 3. The molecule has 1 aliphatic heterocycles. The number of ether oxygens (including phenoxy) is 1. The molecule has 5 nitrogen and oxygen atoms in total. The van der Waals surface area contributed by atoms with Gasteiger partial charge in [0.2, 0.25) is 0 Å². The van der Waals surface area contributed by atoms with Gasteiger partial charge in [0, 0.05) is 29.9 Å². The van der Waals surface area contributed by atoms with Crippen LogP contribution in [-0.2, 0) is 17.7 Å². The zero-order valence-electron chi connectivity index (χ0n) is 18.1. The van der Waals surface area contributed by atoms with Crippen LogP contribution in [0.4, 0.5) is 5.69 Å². The summed E-state index contributed by atoms with van der Waals surface area (Å²) in [6, 6.07) is 16.3. The van der Waals surface area contributed by atoms with Gasteiger partial charge in [0.25, 0.3) is 5.56 Å². The highest BCUT2D eigenvalue weighted by molar-refractivity contribution is 7.80. The number of thiocarbonyl (C=S) groups is 1. The van der Waals surface area contributed by atoms with E-state index in [0.717, 1.165) is 48.0 Å². The van der Waals surface area contributed by atoms with Gasteiger partial charge in [-0.15, -0.1) is 0 Å². The molecule has 0 radical (unpaired) electrons. The summed E-state index contributed by atoms with van der Waals surface area (Å²) in [5.74, 6) is 0. The third-order valence-electron chi connectivity index (χ3n) is 5.81. The molecule has 0 spiro atoms. The van der Waals surface area contributed by atoms with Crippen LogP contribution in [-0.4, -0.2) is 34.3 Å². The summed E-state index contributed by atoms with van der Waals surface area (Å²) >= 11 is 5.80. The van der Waals surface area contributed by atoms with Crippen molar-refractivity contribution in [2.45, 2.75) is 45.8 Å². The van der Waals surface area contributed by atoms with E-state index in [-0.39, 0.29) is 11.7 Å². The van der Waals surface area contributed by atoms with Crippen LogP contribution in [0.1, 0.15) is 36.5 Å². The van der Waals surface area contributed by atoms with Crippen molar-refractivity contribution in [1.82, 2.24) is 9.88 Å². The molecule has 0 amide bonds. The number of nitrogens with zero attached hydrogens (tertiary/aromatic N) is 1. The predicted molar refractivity (Wildman–Crippen MR) is 131 cm³/mol. The molecule has 0 saturated carbocycles. The Morgan fingerprint density at radius 3 is 2.84 bits per heavy atom. The van der Waals surface area contributed by atoms with Crippen LogP contribution >= 0.6 is 12.2 Å². The summed E-state index contributed by atoms with van der Waals surface area (Å²) in [4.78, 5) is 17.9. The van der Waals surface area contributed by atoms with Gasteiger partial charge in [0.15, 0.2) is 5.11 Å². The van der Waals surface area contributed by atoms with E-state index in [1.807, 2.05) is 43.3 Å². The average molecular weight is 436 g/mol. The lowest BCUT2D eigenvalue weighted by molar-refractivity contribution is 0.0904. The number of fused-ring (bicyclic) bond motifs is 1. The Balaban J connectivity index is 1.61. The molecule has 162 valence electrons. The van der Waals surface area contributed by atoms with E-state index in [2.05, 4.69) is 34.3 Å². The number of H-pyrrole nitrogens is 1. The first-order chi connectivity index (χ1) is 15.0. The number of hydrogen-bond donors (Lipinski definition) is 2. The summed E-state index contributed by atoms with van der Waals surface area (Å²) in [5, 5.41) is 5.04. The number of aromatic nitrogens is 1. The van der Waals surface area contributed by atoms with Crippen LogP contribution in [0.3, 0.4) is 0 Å². The van der Waals surface area contributed by atoms with E-state index in [1.54, 1.807) is 0 Å². The molecule has 4 rings (SSSR count). The quantitative estimate of drug-likeness (QED) is 0.546. The van der Waals surface area contributed by atoms with Crippen molar-refractivity contribution >= 4 is 33.9 Å². The van der Waals surface area contributed by atoms with Crippen LogP contribution in [0.15, 0.2) is 53.3 Å². The topological polar surface area (TPSA) is 57.4 Å². The molecule has 2 aromatic carbocycles. The Bertz CT molecular complexity index is 1140. The predicted octanol–water partition coefficient (Wildman–Crippen LogP) is 4.78. The summed E-state index contributed by atoms with van der Waals surface area (Å²) in [6.07, 6.45) is 3.12. The number of anilines is 1. The Hall–Kier alpha value is -2.70. The number of aryl methyl sites for hydroxylation is 2. The molecule has 2 heterocycles. The highest BCUT2D eigenvalue weighted by Crippen LogP contribution is 2.20. The van der Waals surface area contributed by atoms with E-state index in [0.29, 0.717) is 23.8 Å². The smallest absolute Gasteiger partial charge is 0.253 e. The molecule has 1 aromatic heterocycles. The number of para-hydroxylation sites is 1. The molecule has 1 saturated heterocycles. The van der Waals surface area contributed by atoms with E-state index >= 15 is 0 Å². The zero-order chi connectivity index (χ0) is 21.8. The molecule has 0 aliphatic carbocycles. The summed E-state index contributed by atoms with van der Waals surface area (Å²) in [6.45, 7) is 6.02. The molecule has 1 atom stereocenters. The second kappa shape index (κ2) is 9.62. The maximum absolute atomic E-state index is 12.8. The Morgan fingerprint density at radius 2 is 2.06 bits per heavy atom. The second-order valence-electron chi connectivity index (χ2n) is 8.17. The minimum atomic E-state index is -0.0767. The standard InChI is InChI=1S/C25H29N3O2S/c1-3-18-7-4-5-9-22(18)27-25(31)28(16-21-8-6-12-30-21)15-20-14-19-11-10-17(2)13-23(19)26-24(20)29/h4-5,7,9-11,13-14,21H,3,6,8,12,15-16H2,1-2H3,(H,26,29)(H,27,31)/t21-/m1/s1. The molecule has 3 aromatic rings. The van der Waals surface area contributed by atoms with Crippen molar-refractivity contribution in [2.75, 3.05) is 18.5 Å². The van der Waals surface area contributed by atoms with Crippen molar-refractivity contribution in [3.63, 3.8) is 0 Å². The summed E-state index contributed by atoms with van der Waals surface area (Å²) in [7, 11) is 0. The number of rotatable bonds is 6. The Labute approximate surface area is 188 Å². The van der Waals surface area contributed by atoms with Crippen molar-refractivity contribution in [1.29, 1.82) is 0 Å². The molecular weight excluding hydrogens is 406 g/mol. The van der Waals surface area contributed by atoms with Gasteiger partial charge >= 0.3 is 0 Å². The molecule has 1 fully saturated rings. The number of benzene rings is 2. The van der Waals surface area contributed by atoms with Gasteiger partial charge in [0.05, 0.1) is 12.6 Å². The van der Waals surface area contributed by atoms with Crippen LogP contribution in [0, 0.1) is 6.92 Å². The van der Waals surface area contributed by atoms with E-state index in [9.17, 15) is 4.79 Å². The van der Waals surface area contributed by atoms with Gasteiger partial charge in [-0.3, -0.25) is 4.79 Å². The van der Waals surface area contributed by atoms with Gasteiger partial charge in [-0.25, -0.2) is 0 Å². The molecule has 0 unspecified atom stereocenters.